The lowest BCUT2D eigenvalue weighted by Gasteiger charge is -2.32. The van der Waals surface area contributed by atoms with Crippen LogP contribution >= 0.6 is 0 Å². The molecule has 1 aliphatic heterocycles. The molecule has 130 valence electrons. The molecular formula is C13H20N2O6S2. The van der Waals surface area contributed by atoms with Crippen LogP contribution in [0.2, 0.25) is 0 Å². The van der Waals surface area contributed by atoms with E-state index in [0.29, 0.717) is 5.75 Å². The minimum atomic E-state index is -3.77. The van der Waals surface area contributed by atoms with Gasteiger partial charge in [0.05, 0.1) is 20.5 Å². The molecule has 0 radical (unpaired) electrons. The van der Waals surface area contributed by atoms with Crippen LogP contribution in [0.15, 0.2) is 23.1 Å². The third kappa shape index (κ3) is 3.77. The second-order valence-electron chi connectivity index (χ2n) is 5.08. The van der Waals surface area contributed by atoms with Crippen LogP contribution < -0.4 is 9.47 Å². The second-order valence-corrected chi connectivity index (χ2v) is 8.97. The summed E-state index contributed by atoms with van der Waals surface area (Å²) >= 11 is 0. The van der Waals surface area contributed by atoms with Crippen LogP contribution in [0.25, 0.3) is 0 Å². The number of benzene rings is 1. The Labute approximate surface area is 136 Å². The Bertz CT molecular complexity index is 768. The molecule has 1 aromatic rings. The third-order valence-corrected chi connectivity index (χ3v) is 6.90. The highest BCUT2D eigenvalue weighted by molar-refractivity contribution is 7.89. The first-order valence-electron chi connectivity index (χ1n) is 6.87. The zero-order chi connectivity index (χ0) is 17.3. The summed E-state index contributed by atoms with van der Waals surface area (Å²) in [6.07, 6.45) is 1.11. The van der Waals surface area contributed by atoms with Gasteiger partial charge in [0.2, 0.25) is 20.0 Å². The predicted molar refractivity (Wildman–Crippen MR) is 84.7 cm³/mol. The summed E-state index contributed by atoms with van der Waals surface area (Å²) in [7, 11) is -4.21. The highest BCUT2D eigenvalue weighted by atomic mass is 32.2. The van der Waals surface area contributed by atoms with Crippen molar-refractivity contribution in [3.8, 4) is 11.5 Å². The number of piperazine rings is 1. The smallest absolute Gasteiger partial charge is 0.246 e. The maximum atomic E-state index is 12.8. The fraction of sp³-hybridized carbons (Fsp3) is 0.538. The molecule has 0 aliphatic carbocycles. The highest BCUT2D eigenvalue weighted by Crippen LogP contribution is 2.31. The summed E-state index contributed by atoms with van der Waals surface area (Å²) in [5.74, 6) is 0.678. The Kier molecular flexibility index (Phi) is 5.19. The topological polar surface area (TPSA) is 93.2 Å². The summed E-state index contributed by atoms with van der Waals surface area (Å²) in [5, 5.41) is 0. The first-order valence-corrected chi connectivity index (χ1v) is 10.2. The van der Waals surface area contributed by atoms with Crippen LogP contribution in [0.1, 0.15) is 0 Å². The van der Waals surface area contributed by atoms with Crippen molar-refractivity contribution in [2.45, 2.75) is 4.90 Å². The molecule has 0 spiro atoms. The monoisotopic (exact) mass is 364 g/mol. The minimum absolute atomic E-state index is 0.0357. The number of hydrogen-bond acceptors (Lipinski definition) is 6. The van der Waals surface area contributed by atoms with Gasteiger partial charge in [-0.25, -0.2) is 16.8 Å². The molecule has 23 heavy (non-hydrogen) atoms. The molecule has 8 nitrogen and oxygen atoms in total. The summed E-state index contributed by atoms with van der Waals surface area (Å²) < 4.78 is 61.3. The van der Waals surface area contributed by atoms with Crippen molar-refractivity contribution in [3.05, 3.63) is 18.2 Å². The van der Waals surface area contributed by atoms with Crippen LogP contribution in [0.4, 0.5) is 0 Å². The quantitative estimate of drug-likeness (QED) is 0.728. The van der Waals surface area contributed by atoms with Gasteiger partial charge >= 0.3 is 0 Å². The van der Waals surface area contributed by atoms with E-state index in [0.717, 1.165) is 6.26 Å². The van der Waals surface area contributed by atoms with Gasteiger partial charge in [-0.3, -0.25) is 0 Å². The van der Waals surface area contributed by atoms with Gasteiger partial charge in [-0.2, -0.15) is 8.61 Å². The van der Waals surface area contributed by atoms with Crippen LogP contribution in [0.5, 0.6) is 11.5 Å². The number of methoxy groups -OCH3 is 2. The third-order valence-electron chi connectivity index (χ3n) is 3.66. The zero-order valence-electron chi connectivity index (χ0n) is 13.2. The van der Waals surface area contributed by atoms with Crippen LogP contribution in [0, 0.1) is 0 Å². The zero-order valence-corrected chi connectivity index (χ0v) is 14.9. The van der Waals surface area contributed by atoms with Crippen molar-refractivity contribution < 1.29 is 26.3 Å². The van der Waals surface area contributed by atoms with E-state index in [9.17, 15) is 16.8 Å². The van der Waals surface area contributed by atoms with E-state index in [-0.39, 0.29) is 36.8 Å². The fourth-order valence-electron chi connectivity index (χ4n) is 2.37. The normalized spacial score (nSPS) is 17.9. The minimum Gasteiger partial charge on any atom is -0.497 e. The van der Waals surface area contributed by atoms with Gasteiger partial charge in [-0.05, 0) is 12.1 Å². The molecule has 0 amide bonds. The van der Waals surface area contributed by atoms with E-state index in [1.807, 2.05) is 0 Å². The van der Waals surface area contributed by atoms with Gasteiger partial charge in [0.15, 0.2) is 0 Å². The fourth-order valence-corrected chi connectivity index (χ4v) is 4.75. The Morgan fingerprint density at radius 3 is 1.96 bits per heavy atom. The van der Waals surface area contributed by atoms with Gasteiger partial charge in [0.25, 0.3) is 0 Å². The number of hydrogen-bond donors (Lipinski definition) is 0. The molecule has 1 aliphatic rings. The highest BCUT2D eigenvalue weighted by Gasteiger charge is 2.33. The predicted octanol–water partition coefficient (Wildman–Crippen LogP) is -0.0303. The van der Waals surface area contributed by atoms with Gasteiger partial charge in [0, 0.05) is 32.2 Å². The van der Waals surface area contributed by atoms with Gasteiger partial charge in [-0.15, -0.1) is 0 Å². The van der Waals surface area contributed by atoms with E-state index < -0.39 is 20.0 Å². The second kappa shape index (κ2) is 6.63. The lowest BCUT2D eigenvalue weighted by atomic mass is 10.3. The van der Waals surface area contributed by atoms with Crippen molar-refractivity contribution in [3.63, 3.8) is 0 Å². The van der Waals surface area contributed by atoms with Crippen LogP contribution in [-0.2, 0) is 20.0 Å². The molecule has 2 rings (SSSR count). The molecule has 10 heteroatoms. The summed E-state index contributed by atoms with van der Waals surface area (Å²) in [6, 6.07) is 4.47. The molecule has 0 bridgehead atoms. The van der Waals surface area contributed by atoms with E-state index >= 15 is 0 Å². The van der Waals surface area contributed by atoms with Gasteiger partial charge in [-0.1, -0.05) is 0 Å². The average molecular weight is 364 g/mol. The first-order chi connectivity index (χ1) is 10.7. The Morgan fingerprint density at radius 1 is 0.913 bits per heavy atom. The molecule has 0 aromatic heterocycles. The lowest BCUT2D eigenvalue weighted by molar-refractivity contribution is 0.273. The van der Waals surface area contributed by atoms with Crippen LogP contribution in [-0.4, -0.2) is 72.1 Å². The van der Waals surface area contributed by atoms with Crippen LogP contribution in [0.3, 0.4) is 0 Å². The van der Waals surface area contributed by atoms with E-state index in [1.54, 1.807) is 6.07 Å². The number of nitrogens with zero attached hydrogens (tertiary/aromatic N) is 2. The number of sulfonamides is 2. The van der Waals surface area contributed by atoms with E-state index in [4.69, 9.17) is 9.47 Å². The molecule has 1 heterocycles. The molecular weight excluding hydrogens is 344 g/mol. The summed E-state index contributed by atoms with van der Waals surface area (Å²) in [4.78, 5) is 0.0357. The number of ether oxygens (including phenoxy) is 2. The van der Waals surface area contributed by atoms with E-state index in [1.165, 1.54) is 35.0 Å². The molecule has 0 atom stereocenters. The van der Waals surface area contributed by atoms with Gasteiger partial charge < -0.3 is 9.47 Å². The van der Waals surface area contributed by atoms with Crippen molar-refractivity contribution in [1.29, 1.82) is 0 Å². The Morgan fingerprint density at radius 2 is 1.48 bits per heavy atom. The summed E-state index contributed by atoms with van der Waals surface area (Å²) in [5.41, 5.74) is 0. The molecule has 0 unspecified atom stereocenters. The molecule has 0 saturated carbocycles. The lowest BCUT2D eigenvalue weighted by Crippen LogP contribution is -2.50. The molecule has 1 aromatic carbocycles. The SMILES string of the molecule is COc1ccc(S(=O)(=O)N2CCN(S(C)(=O)=O)CC2)c(OC)c1. The molecule has 1 saturated heterocycles. The standard InChI is InChI=1S/C13H20N2O6S2/c1-20-11-4-5-13(12(10-11)21-2)23(18,19)15-8-6-14(7-9-15)22(3,16)17/h4-5,10H,6-9H2,1-3H3. The first kappa shape index (κ1) is 18.0. The maximum Gasteiger partial charge on any atom is 0.246 e. The van der Waals surface area contributed by atoms with Crippen molar-refractivity contribution in [2.75, 3.05) is 46.7 Å². The Balaban J connectivity index is 2.27. The Hall–Kier alpha value is -1.36. The maximum absolute atomic E-state index is 12.8. The van der Waals surface area contributed by atoms with E-state index in [2.05, 4.69) is 0 Å². The molecule has 1 fully saturated rings. The largest absolute Gasteiger partial charge is 0.497 e. The van der Waals surface area contributed by atoms with Crippen molar-refractivity contribution in [1.82, 2.24) is 8.61 Å². The average Bonchev–Trinajstić information content (AvgIpc) is 2.53. The summed E-state index contributed by atoms with van der Waals surface area (Å²) in [6.45, 7) is 0.474. The van der Waals surface area contributed by atoms with Gasteiger partial charge in [0.1, 0.15) is 16.4 Å². The van der Waals surface area contributed by atoms with Crippen molar-refractivity contribution >= 4 is 20.0 Å². The number of rotatable bonds is 5. The van der Waals surface area contributed by atoms with Crippen molar-refractivity contribution in [2.24, 2.45) is 0 Å². The molecule has 0 N–H and O–H groups in total.